The fraction of sp³-hybridized carbons (Fsp3) is 0.222. The Hall–Kier alpha value is -2.76. The number of amides is 2. The van der Waals surface area contributed by atoms with Crippen molar-refractivity contribution in [3.05, 3.63) is 65.7 Å². The van der Waals surface area contributed by atoms with E-state index in [2.05, 4.69) is 10.6 Å². The van der Waals surface area contributed by atoms with Gasteiger partial charge in [0.1, 0.15) is 17.7 Å². The minimum Gasteiger partial charge on any atom is -0.340 e. The van der Waals surface area contributed by atoms with Gasteiger partial charge < -0.3 is 10.6 Å². The Balaban J connectivity index is 2.11. The topological polar surface area (TPSA) is 58.2 Å². The summed E-state index contributed by atoms with van der Waals surface area (Å²) in [6.45, 7) is 3.52. The Bertz CT molecular complexity index is 730. The van der Waals surface area contributed by atoms with Gasteiger partial charge in [0.15, 0.2) is 0 Å². The summed E-state index contributed by atoms with van der Waals surface area (Å²) in [4.78, 5) is 24.6. The van der Waals surface area contributed by atoms with E-state index in [-0.39, 0.29) is 11.5 Å². The lowest BCUT2D eigenvalue weighted by Crippen LogP contribution is -2.47. The highest BCUT2D eigenvalue weighted by Gasteiger charge is 2.25. The minimum atomic E-state index is -0.859. The second kappa shape index (κ2) is 7.68. The van der Waals surface area contributed by atoms with Crippen molar-refractivity contribution in [1.29, 1.82) is 0 Å². The number of hydrogen-bond donors (Lipinski definition) is 2. The highest BCUT2D eigenvalue weighted by Crippen LogP contribution is 2.12. The Morgan fingerprint density at radius 3 is 2.17 bits per heavy atom. The second-order valence-corrected chi connectivity index (χ2v) is 5.67. The molecule has 126 valence electrons. The van der Waals surface area contributed by atoms with Gasteiger partial charge in [-0.25, -0.2) is 8.78 Å². The molecule has 0 bridgehead atoms. The summed E-state index contributed by atoms with van der Waals surface area (Å²) in [7, 11) is 0. The third-order valence-corrected chi connectivity index (χ3v) is 3.47. The van der Waals surface area contributed by atoms with Gasteiger partial charge in [-0.15, -0.1) is 0 Å². The molecule has 0 saturated carbocycles. The lowest BCUT2D eigenvalue weighted by molar-refractivity contribution is -0.118. The molecule has 0 fully saturated rings. The molecule has 0 aliphatic heterocycles. The summed E-state index contributed by atoms with van der Waals surface area (Å²) in [5.41, 5.74) is 0.282. The van der Waals surface area contributed by atoms with Gasteiger partial charge in [0.05, 0.1) is 5.56 Å². The molecule has 2 amide bonds. The normalized spacial score (nSPS) is 11.9. The quantitative estimate of drug-likeness (QED) is 0.882. The molecule has 0 heterocycles. The largest absolute Gasteiger partial charge is 0.340 e. The fourth-order valence-electron chi connectivity index (χ4n) is 2.15. The van der Waals surface area contributed by atoms with Gasteiger partial charge in [-0.1, -0.05) is 26.0 Å². The fourth-order valence-corrected chi connectivity index (χ4v) is 2.15. The standard InChI is InChI=1S/C18H18F2N2O2/c1-11(2)16(18(24)21-13-9-7-12(19)8-10-13)22-17(23)14-5-3-4-6-15(14)20/h3-11,16H,1-2H3,(H,21,24)(H,22,23)/t16-/m1/s1. The average Bonchev–Trinajstić information content (AvgIpc) is 2.54. The summed E-state index contributed by atoms with van der Waals surface area (Å²) in [6, 6.07) is 9.97. The molecule has 1 atom stereocenters. The predicted octanol–water partition coefficient (Wildman–Crippen LogP) is 3.36. The van der Waals surface area contributed by atoms with Gasteiger partial charge >= 0.3 is 0 Å². The van der Waals surface area contributed by atoms with Gasteiger partial charge in [-0.2, -0.15) is 0 Å². The molecular formula is C18H18F2N2O2. The molecule has 4 nitrogen and oxygen atoms in total. The Labute approximate surface area is 138 Å². The molecule has 0 aromatic heterocycles. The van der Waals surface area contributed by atoms with Crippen molar-refractivity contribution in [3.63, 3.8) is 0 Å². The maximum Gasteiger partial charge on any atom is 0.254 e. The van der Waals surface area contributed by atoms with E-state index in [0.29, 0.717) is 5.69 Å². The molecule has 0 radical (unpaired) electrons. The van der Waals surface area contributed by atoms with Crippen LogP contribution in [-0.2, 0) is 4.79 Å². The maximum atomic E-state index is 13.7. The van der Waals surface area contributed by atoms with Crippen molar-refractivity contribution in [2.45, 2.75) is 19.9 Å². The highest BCUT2D eigenvalue weighted by molar-refractivity contribution is 6.01. The van der Waals surface area contributed by atoms with Crippen LogP contribution in [-0.4, -0.2) is 17.9 Å². The summed E-state index contributed by atoms with van der Waals surface area (Å²) in [5.74, 6) is -2.42. The number of benzene rings is 2. The number of hydrogen-bond acceptors (Lipinski definition) is 2. The first-order valence-corrected chi connectivity index (χ1v) is 7.50. The van der Waals surface area contributed by atoms with E-state index in [9.17, 15) is 18.4 Å². The van der Waals surface area contributed by atoms with E-state index < -0.39 is 29.5 Å². The summed E-state index contributed by atoms with van der Waals surface area (Å²) >= 11 is 0. The number of anilines is 1. The van der Waals surface area contributed by atoms with Gasteiger partial charge in [0.25, 0.3) is 5.91 Å². The maximum absolute atomic E-state index is 13.7. The molecule has 2 N–H and O–H groups in total. The Morgan fingerprint density at radius 1 is 0.958 bits per heavy atom. The van der Waals surface area contributed by atoms with Crippen molar-refractivity contribution >= 4 is 17.5 Å². The van der Waals surface area contributed by atoms with E-state index in [1.807, 2.05) is 0 Å². The van der Waals surface area contributed by atoms with Crippen LogP contribution < -0.4 is 10.6 Å². The first-order valence-electron chi connectivity index (χ1n) is 7.50. The van der Waals surface area contributed by atoms with E-state index >= 15 is 0 Å². The van der Waals surface area contributed by atoms with Gasteiger partial charge in [-0.3, -0.25) is 9.59 Å². The zero-order valence-corrected chi connectivity index (χ0v) is 13.3. The third-order valence-electron chi connectivity index (χ3n) is 3.47. The van der Waals surface area contributed by atoms with Crippen molar-refractivity contribution in [1.82, 2.24) is 5.32 Å². The molecule has 0 spiro atoms. The van der Waals surface area contributed by atoms with Crippen LogP contribution in [0.4, 0.5) is 14.5 Å². The SMILES string of the molecule is CC(C)[C@@H](NC(=O)c1ccccc1F)C(=O)Nc1ccc(F)cc1. The van der Waals surface area contributed by atoms with Crippen LogP contribution in [0.2, 0.25) is 0 Å². The zero-order chi connectivity index (χ0) is 17.7. The van der Waals surface area contributed by atoms with E-state index in [0.717, 1.165) is 0 Å². The van der Waals surface area contributed by atoms with E-state index in [4.69, 9.17) is 0 Å². The number of rotatable bonds is 5. The van der Waals surface area contributed by atoms with Gasteiger partial charge in [0, 0.05) is 5.69 Å². The van der Waals surface area contributed by atoms with Gasteiger partial charge in [-0.05, 0) is 42.3 Å². The summed E-state index contributed by atoms with van der Waals surface area (Å²) < 4.78 is 26.6. The van der Waals surface area contributed by atoms with Crippen LogP contribution in [0.15, 0.2) is 48.5 Å². The van der Waals surface area contributed by atoms with Crippen LogP contribution in [0, 0.1) is 17.6 Å². The van der Waals surface area contributed by atoms with Gasteiger partial charge in [0.2, 0.25) is 5.91 Å². The molecule has 2 aromatic rings. The average molecular weight is 332 g/mol. The van der Waals surface area contributed by atoms with Crippen LogP contribution in [0.3, 0.4) is 0 Å². The third kappa shape index (κ3) is 4.38. The van der Waals surface area contributed by atoms with Crippen molar-refractivity contribution in [3.8, 4) is 0 Å². The number of carbonyl (C=O) groups excluding carboxylic acids is 2. The summed E-state index contributed by atoms with van der Waals surface area (Å²) in [6.07, 6.45) is 0. The first kappa shape index (κ1) is 17.6. The molecular weight excluding hydrogens is 314 g/mol. The predicted molar refractivity (Wildman–Crippen MR) is 87.5 cm³/mol. The van der Waals surface area contributed by atoms with Crippen LogP contribution in [0.5, 0.6) is 0 Å². The number of carbonyl (C=O) groups is 2. The van der Waals surface area contributed by atoms with Crippen LogP contribution in [0.25, 0.3) is 0 Å². The molecule has 2 aromatic carbocycles. The lowest BCUT2D eigenvalue weighted by atomic mass is 10.0. The first-order chi connectivity index (χ1) is 11.4. The van der Waals surface area contributed by atoms with E-state index in [1.54, 1.807) is 19.9 Å². The smallest absolute Gasteiger partial charge is 0.254 e. The molecule has 0 aliphatic rings. The molecule has 2 rings (SSSR count). The Kier molecular flexibility index (Phi) is 5.63. The number of nitrogens with one attached hydrogen (secondary N) is 2. The summed E-state index contributed by atoms with van der Waals surface area (Å²) in [5, 5.41) is 5.15. The number of halogens is 2. The van der Waals surface area contributed by atoms with Crippen molar-refractivity contribution in [2.24, 2.45) is 5.92 Å². The van der Waals surface area contributed by atoms with E-state index in [1.165, 1.54) is 42.5 Å². The molecule has 24 heavy (non-hydrogen) atoms. The lowest BCUT2D eigenvalue weighted by Gasteiger charge is -2.22. The molecule has 0 unspecified atom stereocenters. The van der Waals surface area contributed by atoms with Crippen LogP contribution >= 0.6 is 0 Å². The molecule has 0 saturated heterocycles. The van der Waals surface area contributed by atoms with Crippen molar-refractivity contribution in [2.75, 3.05) is 5.32 Å². The second-order valence-electron chi connectivity index (χ2n) is 5.67. The Morgan fingerprint density at radius 2 is 1.58 bits per heavy atom. The zero-order valence-electron chi connectivity index (χ0n) is 13.3. The molecule has 6 heteroatoms. The monoisotopic (exact) mass is 332 g/mol. The highest BCUT2D eigenvalue weighted by atomic mass is 19.1. The van der Waals surface area contributed by atoms with Crippen molar-refractivity contribution < 1.29 is 18.4 Å². The molecule has 0 aliphatic carbocycles. The minimum absolute atomic E-state index is 0.127. The van der Waals surface area contributed by atoms with Crippen LogP contribution in [0.1, 0.15) is 24.2 Å².